The van der Waals surface area contributed by atoms with Crippen molar-refractivity contribution in [1.29, 1.82) is 0 Å². The van der Waals surface area contributed by atoms with E-state index >= 15 is 0 Å². The zero-order valence-electron chi connectivity index (χ0n) is 15.1. The number of ether oxygens (including phenoxy) is 1. The molecule has 0 spiro atoms. The predicted molar refractivity (Wildman–Crippen MR) is 110 cm³/mol. The van der Waals surface area contributed by atoms with Gasteiger partial charge in [-0.15, -0.1) is 0 Å². The molecular formula is C20H19Cl2N3O3. The number of rotatable bonds is 5. The van der Waals surface area contributed by atoms with Crippen LogP contribution in [0.4, 0.5) is 10.5 Å². The highest BCUT2D eigenvalue weighted by molar-refractivity contribution is 6.36. The first-order chi connectivity index (χ1) is 13.4. The van der Waals surface area contributed by atoms with Crippen LogP contribution in [0.3, 0.4) is 0 Å². The predicted octanol–water partition coefficient (Wildman–Crippen LogP) is 4.51. The van der Waals surface area contributed by atoms with Gasteiger partial charge in [-0.3, -0.25) is 4.79 Å². The summed E-state index contributed by atoms with van der Waals surface area (Å²) < 4.78 is 5.55. The van der Waals surface area contributed by atoms with Crippen LogP contribution in [0.2, 0.25) is 10.0 Å². The third-order valence-corrected chi connectivity index (χ3v) is 4.97. The van der Waals surface area contributed by atoms with Gasteiger partial charge in [0.15, 0.2) is 0 Å². The maximum Gasteiger partial charge on any atom is 0.319 e. The van der Waals surface area contributed by atoms with Crippen LogP contribution in [-0.4, -0.2) is 18.5 Å². The van der Waals surface area contributed by atoms with Crippen molar-refractivity contribution in [2.24, 2.45) is 5.92 Å². The van der Waals surface area contributed by atoms with E-state index < -0.39 is 18.0 Å². The average Bonchev–Trinajstić information content (AvgIpc) is 2.63. The van der Waals surface area contributed by atoms with Gasteiger partial charge in [0.1, 0.15) is 11.7 Å². The summed E-state index contributed by atoms with van der Waals surface area (Å²) in [6.45, 7) is 6.17. The first-order valence-corrected chi connectivity index (χ1v) is 9.41. The third kappa shape index (κ3) is 4.08. The van der Waals surface area contributed by atoms with Crippen LogP contribution >= 0.6 is 23.2 Å². The van der Waals surface area contributed by atoms with E-state index in [4.69, 9.17) is 27.9 Å². The van der Waals surface area contributed by atoms with Crippen molar-refractivity contribution in [2.45, 2.75) is 13.0 Å². The molecule has 146 valence electrons. The highest BCUT2D eigenvalue weighted by Crippen LogP contribution is 2.38. The van der Waals surface area contributed by atoms with E-state index in [0.717, 1.165) is 0 Å². The third-order valence-electron chi connectivity index (χ3n) is 4.31. The Balaban J connectivity index is 1.96. The molecule has 2 aromatic rings. The fraction of sp³-hybridized carbons (Fsp3) is 0.200. The summed E-state index contributed by atoms with van der Waals surface area (Å²) in [4.78, 5) is 25.2. The molecule has 3 amide bonds. The van der Waals surface area contributed by atoms with Crippen LogP contribution in [0.25, 0.3) is 0 Å². The van der Waals surface area contributed by atoms with Gasteiger partial charge < -0.3 is 20.7 Å². The number of amides is 3. The van der Waals surface area contributed by atoms with Gasteiger partial charge in [-0.25, -0.2) is 4.79 Å². The van der Waals surface area contributed by atoms with Crippen molar-refractivity contribution in [3.63, 3.8) is 0 Å². The molecular weight excluding hydrogens is 401 g/mol. The van der Waals surface area contributed by atoms with Gasteiger partial charge in [-0.1, -0.05) is 48.0 Å². The Labute approximate surface area is 172 Å². The number of carbonyl (C=O) groups is 2. The Bertz CT molecular complexity index is 912. The van der Waals surface area contributed by atoms with Gasteiger partial charge >= 0.3 is 6.03 Å². The second kappa shape index (κ2) is 8.54. The number of nitrogens with one attached hydrogen (secondary N) is 3. The van der Waals surface area contributed by atoms with Crippen molar-refractivity contribution in [1.82, 2.24) is 10.6 Å². The zero-order valence-corrected chi connectivity index (χ0v) is 16.6. The molecule has 1 fully saturated rings. The normalized spacial score (nSPS) is 18.8. The van der Waals surface area contributed by atoms with Crippen molar-refractivity contribution in [3.8, 4) is 5.75 Å². The molecule has 2 atom stereocenters. The lowest BCUT2D eigenvalue weighted by Gasteiger charge is -2.34. The fourth-order valence-corrected chi connectivity index (χ4v) is 3.74. The van der Waals surface area contributed by atoms with Crippen molar-refractivity contribution < 1.29 is 14.3 Å². The molecule has 28 heavy (non-hydrogen) atoms. The average molecular weight is 420 g/mol. The topological polar surface area (TPSA) is 79.5 Å². The van der Waals surface area contributed by atoms with Crippen LogP contribution in [0.1, 0.15) is 18.5 Å². The van der Waals surface area contributed by atoms with Crippen LogP contribution in [0, 0.1) is 5.92 Å². The van der Waals surface area contributed by atoms with Crippen LogP contribution < -0.4 is 20.7 Å². The molecule has 0 bridgehead atoms. The van der Waals surface area contributed by atoms with Crippen LogP contribution in [-0.2, 0) is 4.79 Å². The molecule has 0 unspecified atom stereocenters. The number of carbonyl (C=O) groups excluding carboxylic acids is 2. The van der Waals surface area contributed by atoms with Gasteiger partial charge in [-0.05, 0) is 31.2 Å². The molecule has 0 aliphatic carbocycles. The first-order valence-electron chi connectivity index (χ1n) is 8.65. The lowest BCUT2D eigenvalue weighted by molar-refractivity contribution is -0.119. The monoisotopic (exact) mass is 419 g/mol. The summed E-state index contributed by atoms with van der Waals surface area (Å²) in [6.07, 6.45) is 0. The Morgan fingerprint density at radius 2 is 1.86 bits per heavy atom. The molecule has 8 heteroatoms. The van der Waals surface area contributed by atoms with E-state index in [0.29, 0.717) is 33.7 Å². The molecule has 1 aliphatic rings. The summed E-state index contributed by atoms with van der Waals surface area (Å²) in [5.41, 5.74) is 1.22. The minimum absolute atomic E-state index is 0.246. The second-order valence-corrected chi connectivity index (χ2v) is 6.95. The smallest absolute Gasteiger partial charge is 0.319 e. The lowest BCUT2D eigenvalue weighted by atomic mass is 9.88. The van der Waals surface area contributed by atoms with Crippen molar-refractivity contribution in [3.05, 3.63) is 70.3 Å². The standard InChI is InChI=1S/C20H19Cl2N3O3/c1-3-28-15-10-5-4-9-14(15)24-19(26)16-11(2)23-20(27)25-18(16)17-12(21)7-6-8-13(17)22/h4-10,16,18H,2-3H2,1H3,(H,24,26)(H2,23,25,27)/t16-,18-/m1/s1. The molecule has 0 aromatic heterocycles. The summed E-state index contributed by atoms with van der Waals surface area (Å²) in [5, 5.41) is 8.82. The van der Waals surface area contributed by atoms with Gasteiger partial charge in [0.25, 0.3) is 0 Å². The van der Waals surface area contributed by atoms with E-state index in [1.54, 1.807) is 36.4 Å². The van der Waals surface area contributed by atoms with E-state index in [-0.39, 0.29) is 11.6 Å². The van der Waals surface area contributed by atoms with Crippen molar-refractivity contribution >= 4 is 40.8 Å². The minimum Gasteiger partial charge on any atom is -0.492 e. The highest BCUT2D eigenvalue weighted by Gasteiger charge is 2.39. The van der Waals surface area contributed by atoms with Crippen molar-refractivity contribution in [2.75, 3.05) is 11.9 Å². The van der Waals surface area contributed by atoms with E-state index in [2.05, 4.69) is 22.5 Å². The largest absolute Gasteiger partial charge is 0.492 e. The first kappa shape index (κ1) is 20.0. The quantitative estimate of drug-likeness (QED) is 0.666. The molecule has 3 rings (SSSR count). The Morgan fingerprint density at radius 1 is 1.18 bits per heavy atom. The van der Waals surface area contributed by atoms with Crippen LogP contribution in [0.5, 0.6) is 5.75 Å². The molecule has 1 saturated heterocycles. The molecule has 6 nitrogen and oxygen atoms in total. The number of benzene rings is 2. The van der Waals surface area contributed by atoms with E-state index in [9.17, 15) is 9.59 Å². The summed E-state index contributed by atoms with van der Waals surface area (Å²) in [5.74, 6) is -0.681. The van der Waals surface area contributed by atoms with E-state index in [1.165, 1.54) is 0 Å². The number of urea groups is 1. The number of para-hydroxylation sites is 2. The molecule has 1 aliphatic heterocycles. The summed E-state index contributed by atoms with van der Waals surface area (Å²) in [6, 6.07) is 10.8. The maximum absolute atomic E-state index is 13.1. The molecule has 0 radical (unpaired) electrons. The maximum atomic E-state index is 13.1. The van der Waals surface area contributed by atoms with Crippen LogP contribution in [0.15, 0.2) is 54.7 Å². The Morgan fingerprint density at radius 3 is 2.54 bits per heavy atom. The van der Waals surface area contributed by atoms with Gasteiger partial charge in [-0.2, -0.15) is 0 Å². The lowest BCUT2D eigenvalue weighted by Crippen LogP contribution is -2.52. The Kier molecular flexibility index (Phi) is 6.11. The minimum atomic E-state index is -0.843. The van der Waals surface area contributed by atoms with Gasteiger partial charge in [0.05, 0.1) is 18.3 Å². The van der Waals surface area contributed by atoms with E-state index in [1.807, 2.05) is 13.0 Å². The SMILES string of the molecule is C=C1NC(=O)N[C@@H](c2c(Cl)cccc2Cl)[C@@H]1C(=O)Nc1ccccc1OCC. The number of hydrogen-bond donors (Lipinski definition) is 3. The second-order valence-electron chi connectivity index (χ2n) is 6.13. The number of halogens is 2. The molecule has 2 aromatic carbocycles. The summed E-state index contributed by atoms with van der Waals surface area (Å²) >= 11 is 12.6. The molecule has 3 N–H and O–H groups in total. The zero-order chi connectivity index (χ0) is 20.3. The Hall–Kier alpha value is -2.70. The summed E-state index contributed by atoms with van der Waals surface area (Å²) in [7, 11) is 0. The fourth-order valence-electron chi connectivity index (χ4n) is 3.10. The number of hydrogen-bond acceptors (Lipinski definition) is 3. The van der Waals surface area contributed by atoms with Gasteiger partial charge in [0.2, 0.25) is 5.91 Å². The number of anilines is 1. The molecule has 0 saturated carbocycles. The van der Waals surface area contributed by atoms with Gasteiger partial charge in [0, 0.05) is 21.3 Å². The molecule has 1 heterocycles. The highest BCUT2D eigenvalue weighted by atomic mass is 35.5.